The van der Waals surface area contributed by atoms with Gasteiger partial charge in [-0.25, -0.2) is 4.79 Å². The summed E-state index contributed by atoms with van der Waals surface area (Å²) < 4.78 is 85.9. The minimum absolute atomic E-state index is 0.0530. The van der Waals surface area contributed by atoms with E-state index in [2.05, 4.69) is 0 Å². The molecule has 2 aliphatic rings. The first-order valence-corrected chi connectivity index (χ1v) is 10.5. The Balaban J connectivity index is 1.99. The van der Waals surface area contributed by atoms with E-state index in [-0.39, 0.29) is 31.5 Å². The molecule has 2 amide bonds. The van der Waals surface area contributed by atoms with Crippen molar-refractivity contribution in [3.63, 3.8) is 0 Å². The van der Waals surface area contributed by atoms with Crippen molar-refractivity contribution in [2.75, 3.05) is 13.1 Å². The lowest BCUT2D eigenvalue weighted by molar-refractivity contribution is -0.201. The third-order valence-corrected chi connectivity index (χ3v) is 5.93. The van der Waals surface area contributed by atoms with Gasteiger partial charge in [-0.3, -0.25) is 9.69 Å². The Hall–Kier alpha value is -2.46. The van der Waals surface area contributed by atoms with E-state index in [1.54, 1.807) is 20.8 Å². The van der Waals surface area contributed by atoms with Crippen molar-refractivity contribution in [3.05, 3.63) is 35.4 Å². The second-order valence-electron chi connectivity index (χ2n) is 9.66. The summed E-state index contributed by atoms with van der Waals surface area (Å²) in [7, 11) is 0. The van der Waals surface area contributed by atoms with Crippen LogP contribution in [0.25, 0.3) is 0 Å². The van der Waals surface area contributed by atoms with E-state index in [4.69, 9.17) is 4.74 Å². The Morgan fingerprint density at radius 2 is 1.61 bits per heavy atom. The van der Waals surface area contributed by atoms with Gasteiger partial charge in [-0.15, -0.1) is 0 Å². The number of benzene rings is 1. The molecule has 1 aromatic rings. The van der Waals surface area contributed by atoms with Gasteiger partial charge in [-0.2, -0.15) is 26.3 Å². The number of carbonyl (C=O) groups excluding carboxylic acids is 2. The minimum Gasteiger partial charge on any atom is -0.444 e. The Kier molecular flexibility index (Phi) is 6.17. The quantitative estimate of drug-likeness (QED) is 0.521. The number of nitrogens with zero attached hydrogens (tertiary/aromatic N) is 2. The lowest BCUT2D eigenvalue weighted by Crippen LogP contribution is -2.59. The molecule has 2 fully saturated rings. The van der Waals surface area contributed by atoms with E-state index in [9.17, 15) is 35.9 Å². The van der Waals surface area contributed by atoms with E-state index in [0.717, 1.165) is 23.1 Å². The molecule has 1 aliphatic heterocycles. The molecule has 0 radical (unpaired) electrons. The Morgan fingerprint density at radius 1 is 1.00 bits per heavy atom. The van der Waals surface area contributed by atoms with Crippen molar-refractivity contribution >= 4 is 12.0 Å². The maximum absolute atomic E-state index is 13.6. The average molecular weight is 480 g/mol. The van der Waals surface area contributed by atoms with Gasteiger partial charge < -0.3 is 9.64 Å². The van der Waals surface area contributed by atoms with E-state index < -0.39 is 53.0 Å². The molecule has 2 atom stereocenters. The predicted molar refractivity (Wildman–Crippen MR) is 106 cm³/mol. The smallest absolute Gasteiger partial charge is 0.416 e. The number of hydrogen-bond donors (Lipinski definition) is 0. The van der Waals surface area contributed by atoms with Gasteiger partial charge in [-0.1, -0.05) is 12.1 Å². The average Bonchev–Trinajstić information content (AvgIpc) is 3.47. The normalized spacial score (nSPS) is 23.3. The fourth-order valence-corrected chi connectivity index (χ4v) is 4.01. The van der Waals surface area contributed by atoms with E-state index >= 15 is 0 Å². The summed E-state index contributed by atoms with van der Waals surface area (Å²) in [6.07, 6.45) is -10.9. The highest BCUT2D eigenvalue weighted by Gasteiger charge is 2.70. The molecular weight excluding hydrogens is 454 g/mol. The molecule has 33 heavy (non-hydrogen) atoms. The highest BCUT2D eigenvalue weighted by molar-refractivity contribution is 5.87. The molecular formula is C22H26F6N2O3. The monoisotopic (exact) mass is 480 g/mol. The fourth-order valence-electron chi connectivity index (χ4n) is 4.01. The number of halogens is 6. The first-order valence-electron chi connectivity index (χ1n) is 10.5. The fraction of sp³-hybridized carbons (Fsp3) is 0.636. The second-order valence-corrected chi connectivity index (χ2v) is 9.66. The highest BCUT2D eigenvalue weighted by atomic mass is 19.4. The third-order valence-electron chi connectivity index (χ3n) is 5.93. The molecule has 0 unspecified atom stereocenters. The first kappa shape index (κ1) is 25.2. The van der Waals surface area contributed by atoms with Crippen LogP contribution in [0.1, 0.15) is 57.7 Å². The number of rotatable bonds is 2. The molecule has 0 N–H and O–H groups in total. The number of piperazine rings is 1. The van der Waals surface area contributed by atoms with Gasteiger partial charge in [0.2, 0.25) is 5.91 Å². The van der Waals surface area contributed by atoms with Crippen molar-refractivity contribution in [1.82, 2.24) is 9.80 Å². The first-order chi connectivity index (χ1) is 15.0. The Bertz CT molecular complexity index is 918. The highest BCUT2D eigenvalue weighted by Crippen LogP contribution is 2.59. The van der Waals surface area contributed by atoms with E-state index in [1.807, 2.05) is 0 Å². The second kappa shape index (κ2) is 8.09. The molecule has 1 saturated carbocycles. The van der Waals surface area contributed by atoms with Crippen molar-refractivity contribution < 1.29 is 40.7 Å². The summed E-state index contributed by atoms with van der Waals surface area (Å²) in [5.74, 6) is -1.11. The Labute approximate surface area is 187 Å². The summed E-state index contributed by atoms with van der Waals surface area (Å²) in [6, 6.07) is 2.33. The van der Waals surface area contributed by atoms with Gasteiger partial charge in [0.25, 0.3) is 0 Å². The summed E-state index contributed by atoms with van der Waals surface area (Å²) in [5, 5.41) is 0. The van der Waals surface area contributed by atoms with Crippen LogP contribution in [-0.4, -0.2) is 52.7 Å². The summed E-state index contributed by atoms with van der Waals surface area (Å²) in [5.41, 5.74) is -4.28. The number of amides is 2. The van der Waals surface area contributed by atoms with Crippen LogP contribution in [0.15, 0.2) is 24.3 Å². The van der Waals surface area contributed by atoms with Gasteiger partial charge in [-0.05, 0) is 58.2 Å². The lowest BCUT2D eigenvalue weighted by Gasteiger charge is -2.46. The third kappa shape index (κ3) is 5.06. The maximum atomic E-state index is 13.6. The van der Waals surface area contributed by atoms with Crippen LogP contribution >= 0.6 is 0 Å². The van der Waals surface area contributed by atoms with Crippen molar-refractivity contribution in [3.8, 4) is 0 Å². The van der Waals surface area contributed by atoms with Gasteiger partial charge in [0.05, 0.1) is 11.6 Å². The van der Waals surface area contributed by atoms with Crippen molar-refractivity contribution in [1.29, 1.82) is 0 Å². The van der Waals surface area contributed by atoms with Crippen molar-refractivity contribution in [2.45, 2.75) is 70.6 Å². The SMILES string of the molecule is C[C@@H]1CN(C(=O)OC(C)(C)C)[C@H](c2cccc(C(F)(F)F)c2)CN1C(=O)C1(C(F)(F)F)CC1. The van der Waals surface area contributed by atoms with Gasteiger partial charge in [0.15, 0.2) is 0 Å². The van der Waals surface area contributed by atoms with Crippen LogP contribution in [0.3, 0.4) is 0 Å². The molecule has 1 heterocycles. The number of alkyl halides is 6. The number of carbonyl (C=O) groups is 2. The van der Waals surface area contributed by atoms with Crippen LogP contribution in [0, 0.1) is 5.41 Å². The summed E-state index contributed by atoms with van der Waals surface area (Å²) >= 11 is 0. The minimum atomic E-state index is -4.72. The van der Waals surface area contributed by atoms with E-state index in [1.165, 1.54) is 17.9 Å². The van der Waals surface area contributed by atoms with Gasteiger partial charge in [0.1, 0.15) is 11.0 Å². The summed E-state index contributed by atoms with van der Waals surface area (Å²) in [6.45, 7) is 5.80. The Morgan fingerprint density at radius 3 is 2.09 bits per heavy atom. The van der Waals surface area contributed by atoms with Crippen LogP contribution < -0.4 is 0 Å². The molecule has 11 heteroatoms. The molecule has 1 saturated heterocycles. The summed E-state index contributed by atoms with van der Waals surface area (Å²) in [4.78, 5) is 28.0. The molecule has 5 nitrogen and oxygen atoms in total. The van der Waals surface area contributed by atoms with Crippen LogP contribution in [0.5, 0.6) is 0 Å². The topological polar surface area (TPSA) is 49.9 Å². The zero-order valence-corrected chi connectivity index (χ0v) is 18.7. The van der Waals surface area contributed by atoms with Crippen molar-refractivity contribution in [2.24, 2.45) is 5.41 Å². The van der Waals surface area contributed by atoms with Crippen LogP contribution in [-0.2, 0) is 15.7 Å². The molecule has 184 valence electrons. The van der Waals surface area contributed by atoms with Gasteiger partial charge in [0, 0.05) is 19.1 Å². The molecule has 0 spiro atoms. The zero-order valence-electron chi connectivity index (χ0n) is 18.7. The molecule has 1 aliphatic carbocycles. The molecule has 0 bridgehead atoms. The van der Waals surface area contributed by atoms with Crippen LogP contribution in [0.2, 0.25) is 0 Å². The lowest BCUT2D eigenvalue weighted by atomic mass is 9.95. The van der Waals surface area contributed by atoms with Gasteiger partial charge >= 0.3 is 18.4 Å². The zero-order chi connectivity index (χ0) is 25.0. The number of ether oxygens (including phenoxy) is 1. The largest absolute Gasteiger partial charge is 0.444 e. The molecule has 0 aromatic heterocycles. The molecule has 1 aromatic carbocycles. The maximum Gasteiger partial charge on any atom is 0.416 e. The number of hydrogen-bond acceptors (Lipinski definition) is 3. The molecule has 3 rings (SSSR count). The predicted octanol–water partition coefficient (Wildman–Crippen LogP) is 5.56. The standard InChI is InChI=1S/C22H26F6N2O3/c1-13-11-30(18(32)33-19(2,3)4)16(14-6-5-7-15(10-14)21(23,24)25)12-29(13)17(31)20(8-9-20)22(26,27)28/h5-7,10,13,16H,8-9,11-12H2,1-4H3/t13-,16+/m1/s1. The van der Waals surface area contributed by atoms with E-state index in [0.29, 0.717) is 0 Å². The van der Waals surface area contributed by atoms with Crippen LogP contribution in [0.4, 0.5) is 31.1 Å².